The largest absolute Gasteiger partial charge is 0.417 e. The number of aliphatic hydroxyl groups is 1. The summed E-state index contributed by atoms with van der Waals surface area (Å²) in [7, 11) is 0. The average molecular weight is 443 g/mol. The number of hydrogen-bond acceptors (Lipinski definition) is 6. The molecule has 0 bridgehead atoms. The van der Waals surface area contributed by atoms with Crippen molar-refractivity contribution in [2.24, 2.45) is 5.92 Å². The maximum Gasteiger partial charge on any atom is 0.258 e. The molecule has 0 fully saturated rings. The van der Waals surface area contributed by atoms with Gasteiger partial charge in [-0.05, 0) is 59.9 Å². The summed E-state index contributed by atoms with van der Waals surface area (Å²) >= 11 is 5.83. The molecular weight excluding hydrogens is 423 g/mol. The van der Waals surface area contributed by atoms with Gasteiger partial charge < -0.3 is 15.2 Å². The van der Waals surface area contributed by atoms with Crippen LogP contribution in [0.2, 0.25) is 5.28 Å². The first-order valence-corrected chi connectivity index (χ1v) is 10.6. The van der Waals surface area contributed by atoms with Gasteiger partial charge in [-0.1, -0.05) is 12.5 Å². The third-order valence-electron chi connectivity index (χ3n) is 6.17. The summed E-state index contributed by atoms with van der Waals surface area (Å²) in [5.41, 5.74) is 5.18. The second-order valence-electron chi connectivity index (χ2n) is 7.98. The number of hydrogen-bond donors (Lipinski definition) is 2. The Labute approximate surface area is 183 Å². The molecule has 0 spiro atoms. The van der Waals surface area contributed by atoms with Crippen molar-refractivity contribution >= 4 is 23.1 Å². The highest BCUT2D eigenvalue weighted by molar-refractivity contribution is 6.28. The SMILES string of the molecule is CC1CC2=C(CCc3cnc(Oc4nc(Cl)ncc4CO)c(F)c32)C2=C1CCNC2=O. The van der Waals surface area contributed by atoms with Crippen LogP contribution in [0.5, 0.6) is 11.8 Å². The summed E-state index contributed by atoms with van der Waals surface area (Å²) in [6, 6.07) is 0. The lowest BCUT2D eigenvalue weighted by molar-refractivity contribution is -0.117. The molecule has 1 atom stereocenters. The highest BCUT2D eigenvalue weighted by Crippen LogP contribution is 2.48. The molecule has 1 amide bonds. The molecule has 0 aromatic carbocycles. The van der Waals surface area contributed by atoms with E-state index < -0.39 is 12.4 Å². The van der Waals surface area contributed by atoms with Gasteiger partial charge in [0.25, 0.3) is 11.8 Å². The van der Waals surface area contributed by atoms with Gasteiger partial charge in [-0.25, -0.2) is 14.4 Å². The van der Waals surface area contributed by atoms with Gasteiger partial charge in [0.1, 0.15) is 0 Å². The lowest BCUT2D eigenvalue weighted by Gasteiger charge is -2.36. The molecule has 31 heavy (non-hydrogen) atoms. The Morgan fingerprint density at radius 1 is 1.23 bits per heavy atom. The first-order chi connectivity index (χ1) is 15.0. The number of pyridine rings is 1. The second kappa shape index (κ2) is 7.69. The number of nitrogens with one attached hydrogen (secondary N) is 1. The van der Waals surface area contributed by atoms with Gasteiger partial charge in [-0.2, -0.15) is 4.98 Å². The predicted molar refractivity (Wildman–Crippen MR) is 111 cm³/mol. The summed E-state index contributed by atoms with van der Waals surface area (Å²) in [6.07, 6.45) is 5.69. The Bertz CT molecular complexity index is 1180. The molecule has 0 saturated carbocycles. The summed E-state index contributed by atoms with van der Waals surface area (Å²) in [5.74, 6) is -0.817. The Balaban J connectivity index is 1.62. The van der Waals surface area contributed by atoms with E-state index in [9.17, 15) is 9.90 Å². The van der Waals surface area contributed by atoms with Crippen LogP contribution in [0.15, 0.2) is 29.1 Å². The Morgan fingerprint density at radius 2 is 2.06 bits per heavy atom. The molecule has 2 aromatic heterocycles. The van der Waals surface area contributed by atoms with Crippen LogP contribution in [0, 0.1) is 11.7 Å². The number of halogens is 2. The highest BCUT2D eigenvalue weighted by Gasteiger charge is 2.37. The predicted octanol–water partition coefficient (Wildman–Crippen LogP) is 3.50. The van der Waals surface area contributed by atoms with E-state index in [1.54, 1.807) is 6.20 Å². The second-order valence-corrected chi connectivity index (χ2v) is 8.31. The standard InChI is InChI=1S/C22H20ClFN4O3/c1-10-6-15-14(17-13(10)4-5-25-19(17)30)3-2-11-7-26-21(18(24)16(11)15)31-20-12(9-29)8-27-22(23)28-20/h7-8,10,29H,2-6,9H2,1H3,(H,25,30). The van der Waals surface area contributed by atoms with Crippen molar-refractivity contribution in [3.63, 3.8) is 0 Å². The van der Waals surface area contributed by atoms with Gasteiger partial charge in [0, 0.05) is 30.1 Å². The topological polar surface area (TPSA) is 97.2 Å². The number of amides is 1. The van der Waals surface area contributed by atoms with Crippen molar-refractivity contribution in [3.8, 4) is 11.8 Å². The molecular formula is C22H20ClFN4O3. The number of ether oxygens (including phenoxy) is 1. The van der Waals surface area contributed by atoms with Gasteiger partial charge in [-0.15, -0.1) is 0 Å². The lowest BCUT2D eigenvalue weighted by Crippen LogP contribution is -2.36. The summed E-state index contributed by atoms with van der Waals surface area (Å²) in [6.45, 7) is 2.34. The molecule has 3 aliphatic rings. The quantitative estimate of drug-likeness (QED) is 0.706. The van der Waals surface area contributed by atoms with E-state index in [4.69, 9.17) is 16.3 Å². The van der Waals surface area contributed by atoms with Crippen molar-refractivity contribution in [1.82, 2.24) is 20.3 Å². The van der Waals surface area contributed by atoms with Crippen molar-refractivity contribution in [2.45, 2.75) is 39.2 Å². The van der Waals surface area contributed by atoms with E-state index in [1.165, 1.54) is 11.8 Å². The lowest BCUT2D eigenvalue weighted by atomic mass is 9.70. The molecule has 0 radical (unpaired) electrons. The first-order valence-electron chi connectivity index (χ1n) is 10.2. The van der Waals surface area contributed by atoms with Gasteiger partial charge in [0.15, 0.2) is 5.82 Å². The van der Waals surface area contributed by atoms with Gasteiger partial charge >= 0.3 is 0 Å². The fraction of sp³-hybridized carbons (Fsp3) is 0.364. The zero-order chi connectivity index (χ0) is 21.7. The molecule has 0 saturated heterocycles. The molecule has 2 N–H and O–H groups in total. The summed E-state index contributed by atoms with van der Waals surface area (Å²) in [4.78, 5) is 24.5. The smallest absolute Gasteiger partial charge is 0.258 e. The van der Waals surface area contributed by atoms with Crippen LogP contribution in [0.25, 0.3) is 5.57 Å². The highest BCUT2D eigenvalue weighted by atomic mass is 35.5. The fourth-order valence-corrected chi connectivity index (χ4v) is 4.86. The van der Waals surface area contributed by atoms with Crippen LogP contribution in [0.1, 0.15) is 42.9 Å². The van der Waals surface area contributed by atoms with Crippen LogP contribution in [-0.4, -0.2) is 32.5 Å². The minimum absolute atomic E-state index is 0.0486. The molecule has 1 aliphatic heterocycles. The molecule has 3 heterocycles. The molecule has 160 valence electrons. The van der Waals surface area contributed by atoms with E-state index in [2.05, 4.69) is 27.2 Å². The maximum absolute atomic E-state index is 15.7. The van der Waals surface area contributed by atoms with E-state index in [1.807, 2.05) is 0 Å². The van der Waals surface area contributed by atoms with Crippen LogP contribution >= 0.6 is 11.6 Å². The Kier molecular flexibility index (Phi) is 4.98. The van der Waals surface area contributed by atoms with E-state index in [0.717, 1.165) is 28.7 Å². The number of fused-ring (bicyclic) bond motifs is 3. The number of rotatable bonds is 3. The van der Waals surface area contributed by atoms with Crippen molar-refractivity contribution in [3.05, 3.63) is 56.9 Å². The van der Waals surface area contributed by atoms with Crippen LogP contribution in [0.4, 0.5) is 4.39 Å². The number of carbonyl (C=O) groups is 1. The van der Waals surface area contributed by atoms with Gasteiger partial charge in [-0.3, -0.25) is 4.79 Å². The molecule has 9 heteroatoms. The van der Waals surface area contributed by atoms with E-state index in [0.29, 0.717) is 31.4 Å². The molecule has 2 aliphatic carbocycles. The third kappa shape index (κ3) is 3.30. The van der Waals surface area contributed by atoms with Crippen LogP contribution in [-0.2, 0) is 17.8 Å². The van der Waals surface area contributed by atoms with Crippen molar-refractivity contribution in [2.75, 3.05) is 6.54 Å². The maximum atomic E-state index is 15.7. The Morgan fingerprint density at radius 3 is 2.87 bits per heavy atom. The first kappa shape index (κ1) is 20.1. The van der Waals surface area contributed by atoms with Gasteiger partial charge in [0.2, 0.25) is 11.2 Å². The molecule has 7 nitrogen and oxygen atoms in total. The number of aromatic nitrogens is 3. The number of aliphatic hydroxyl groups excluding tert-OH is 1. The van der Waals surface area contributed by atoms with Crippen molar-refractivity contribution < 1.29 is 19.0 Å². The number of aryl methyl sites for hydroxylation is 1. The molecule has 1 unspecified atom stereocenters. The van der Waals surface area contributed by atoms with E-state index in [-0.39, 0.29) is 34.4 Å². The number of carbonyl (C=O) groups excluding carboxylic acids is 1. The summed E-state index contributed by atoms with van der Waals surface area (Å²) < 4.78 is 21.3. The van der Waals surface area contributed by atoms with E-state index >= 15 is 4.39 Å². The minimum Gasteiger partial charge on any atom is -0.417 e. The average Bonchev–Trinajstić information content (AvgIpc) is 2.76. The monoisotopic (exact) mass is 442 g/mol. The minimum atomic E-state index is -0.601. The molecule has 2 aromatic rings. The Hall–Kier alpha value is -2.84. The number of allylic oxidation sites excluding steroid dienone is 1. The third-order valence-corrected chi connectivity index (χ3v) is 6.35. The van der Waals surface area contributed by atoms with Crippen molar-refractivity contribution in [1.29, 1.82) is 0 Å². The zero-order valence-electron chi connectivity index (χ0n) is 16.8. The molecule has 5 rings (SSSR count). The van der Waals surface area contributed by atoms with Crippen LogP contribution in [0.3, 0.4) is 0 Å². The normalized spacial score (nSPS) is 20.1. The van der Waals surface area contributed by atoms with Gasteiger partial charge in [0.05, 0.1) is 12.2 Å². The zero-order valence-corrected chi connectivity index (χ0v) is 17.6. The van der Waals surface area contributed by atoms with Crippen LogP contribution < -0.4 is 10.1 Å². The fourth-order valence-electron chi connectivity index (χ4n) is 4.74. The summed E-state index contributed by atoms with van der Waals surface area (Å²) in [5, 5.41) is 12.3. The number of nitrogens with zero attached hydrogens (tertiary/aromatic N) is 3.